The third-order valence-corrected chi connectivity index (χ3v) is 3.58. The Morgan fingerprint density at radius 2 is 2.14 bits per heavy atom. The number of benzene rings is 1. The van der Waals surface area contributed by atoms with Crippen molar-refractivity contribution in [3.05, 3.63) is 50.5 Å². The molecule has 0 bridgehead atoms. The first kappa shape index (κ1) is 14.9. The van der Waals surface area contributed by atoms with Crippen LogP contribution in [0.4, 0.5) is 21.5 Å². The molecule has 0 saturated heterocycles. The Labute approximate surface area is 123 Å². The van der Waals surface area contributed by atoms with E-state index in [1.54, 1.807) is 6.07 Å². The number of thiophene rings is 1. The molecule has 1 amide bonds. The van der Waals surface area contributed by atoms with E-state index in [1.165, 1.54) is 30.4 Å². The van der Waals surface area contributed by atoms with Gasteiger partial charge in [-0.05, 0) is 17.5 Å². The van der Waals surface area contributed by atoms with Gasteiger partial charge in [-0.3, -0.25) is 14.9 Å². The Hall–Kier alpha value is -2.48. The van der Waals surface area contributed by atoms with Crippen LogP contribution >= 0.6 is 11.3 Å². The summed E-state index contributed by atoms with van der Waals surface area (Å²) < 4.78 is 13.7. The van der Waals surface area contributed by atoms with Crippen molar-refractivity contribution in [1.82, 2.24) is 0 Å². The van der Waals surface area contributed by atoms with Crippen LogP contribution in [0.5, 0.6) is 0 Å². The first-order valence-corrected chi connectivity index (χ1v) is 6.87. The van der Waals surface area contributed by atoms with Crippen LogP contribution in [-0.4, -0.2) is 10.8 Å². The molecule has 0 aliphatic heterocycles. The van der Waals surface area contributed by atoms with Crippen LogP contribution in [0.15, 0.2) is 29.6 Å². The second-order valence-corrected chi connectivity index (χ2v) is 5.21. The lowest BCUT2D eigenvalue weighted by Gasteiger charge is -2.08. The second-order valence-electron chi connectivity index (χ2n) is 4.21. The SMILES string of the molecule is CC(=O)Nc1ccsc1CNc1ccc([N+](=O)[O-])cc1F. The Morgan fingerprint density at radius 3 is 2.76 bits per heavy atom. The topological polar surface area (TPSA) is 84.3 Å². The third-order valence-electron chi connectivity index (χ3n) is 2.66. The van der Waals surface area contributed by atoms with Gasteiger partial charge in [0.25, 0.3) is 5.69 Å². The maximum atomic E-state index is 13.7. The Morgan fingerprint density at radius 1 is 1.38 bits per heavy atom. The number of hydrogen-bond acceptors (Lipinski definition) is 5. The number of amides is 1. The Bertz CT molecular complexity index is 687. The van der Waals surface area contributed by atoms with Gasteiger partial charge in [0.15, 0.2) is 5.82 Å². The molecule has 6 nitrogen and oxygen atoms in total. The molecule has 0 radical (unpaired) electrons. The number of nitrogens with one attached hydrogen (secondary N) is 2. The van der Waals surface area contributed by atoms with Crippen LogP contribution in [0.1, 0.15) is 11.8 Å². The highest BCUT2D eigenvalue weighted by Crippen LogP contribution is 2.25. The highest BCUT2D eigenvalue weighted by molar-refractivity contribution is 7.10. The maximum Gasteiger partial charge on any atom is 0.272 e. The van der Waals surface area contributed by atoms with Crippen LogP contribution in [-0.2, 0) is 11.3 Å². The first-order chi connectivity index (χ1) is 9.97. The van der Waals surface area contributed by atoms with Gasteiger partial charge >= 0.3 is 0 Å². The van der Waals surface area contributed by atoms with E-state index in [4.69, 9.17) is 0 Å². The molecule has 110 valence electrons. The number of halogens is 1. The van der Waals surface area contributed by atoms with Crippen molar-refractivity contribution in [1.29, 1.82) is 0 Å². The molecule has 0 fully saturated rings. The lowest BCUT2D eigenvalue weighted by Crippen LogP contribution is -2.08. The average molecular weight is 309 g/mol. The zero-order chi connectivity index (χ0) is 15.4. The zero-order valence-electron chi connectivity index (χ0n) is 11.1. The van der Waals surface area contributed by atoms with Crippen LogP contribution in [0.25, 0.3) is 0 Å². The largest absolute Gasteiger partial charge is 0.378 e. The molecule has 0 aliphatic carbocycles. The van der Waals surface area contributed by atoms with Crippen LogP contribution in [0, 0.1) is 15.9 Å². The number of carbonyl (C=O) groups is 1. The second kappa shape index (κ2) is 6.31. The molecule has 0 saturated carbocycles. The van der Waals surface area contributed by atoms with Crippen LogP contribution in [0.2, 0.25) is 0 Å². The van der Waals surface area contributed by atoms with E-state index in [-0.39, 0.29) is 17.3 Å². The molecule has 0 aliphatic rings. The predicted molar refractivity (Wildman–Crippen MR) is 79.0 cm³/mol. The number of nitrogens with zero attached hydrogens (tertiary/aromatic N) is 1. The van der Waals surface area contributed by atoms with Crippen molar-refractivity contribution >= 4 is 34.3 Å². The van der Waals surface area contributed by atoms with Crippen LogP contribution in [0.3, 0.4) is 0 Å². The summed E-state index contributed by atoms with van der Waals surface area (Å²) in [6.07, 6.45) is 0. The molecule has 8 heteroatoms. The molecule has 2 aromatic rings. The molecule has 0 atom stereocenters. The maximum absolute atomic E-state index is 13.7. The fourth-order valence-corrected chi connectivity index (χ4v) is 2.48. The van der Waals surface area contributed by atoms with Crippen molar-refractivity contribution in [3.63, 3.8) is 0 Å². The van der Waals surface area contributed by atoms with E-state index >= 15 is 0 Å². The fourth-order valence-electron chi connectivity index (χ4n) is 1.71. The van der Waals surface area contributed by atoms with Crippen molar-refractivity contribution in [2.24, 2.45) is 0 Å². The van der Waals surface area contributed by atoms with Gasteiger partial charge in [-0.1, -0.05) is 0 Å². The quantitative estimate of drug-likeness (QED) is 0.655. The average Bonchev–Trinajstić information content (AvgIpc) is 2.83. The van der Waals surface area contributed by atoms with E-state index in [0.717, 1.165) is 10.9 Å². The fraction of sp³-hybridized carbons (Fsp3) is 0.154. The number of rotatable bonds is 5. The minimum absolute atomic E-state index is 0.169. The molecular formula is C13H12FN3O3S. The van der Waals surface area contributed by atoms with Gasteiger partial charge in [0.1, 0.15) is 0 Å². The summed E-state index contributed by atoms with van der Waals surface area (Å²) in [5, 5.41) is 17.9. The van der Waals surface area contributed by atoms with Gasteiger partial charge in [0.2, 0.25) is 5.91 Å². The van der Waals surface area contributed by atoms with Crippen molar-refractivity contribution in [2.45, 2.75) is 13.5 Å². The van der Waals surface area contributed by atoms with Crippen LogP contribution < -0.4 is 10.6 Å². The molecule has 1 heterocycles. The van der Waals surface area contributed by atoms with Crippen molar-refractivity contribution < 1.29 is 14.1 Å². The van der Waals surface area contributed by atoms with Gasteiger partial charge in [0, 0.05) is 17.9 Å². The summed E-state index contributed by atoms with van der Waals surface area (Å²) in [5.74, 6) is -0.877. The van der Waals surface area contributed by atoms with E-state index in [2.05, 4.69) is 10.6 Å². The summed E-state index contributed by atoms with van der Waals surface area (Å²) in [6, 6.07) is 5.18. The summed E-state index contributed by atoms with van der Waals surface area (Å²) in [4.78, 5) is 21.8. The highest BCUT2D eigenvalue weighted by Gasteiger charge is 2.11. The lowest BCUT2D eigenvalue weighted by atomic mass is 10.2. The number of carbonyl (C=O) groups excluding carboxylic acids is 1. The summed E-state index contributed by atoms with van der Waals surface area (Å²) in [5.41, 5.74) is 0.540. The first-order valence-electron chi connectivity index (χ1n) is 5.99. The van der Waals surface area contributed by atoms with E-state index < -0.39 is 10.7 Å². The highest BCUT2D eigenvalue weighted by atomic mass is 32.1. The molecule has 0 unspecified atom stereocenters. The zero-order valence-corrected chi connectivity index (χ0v) is 11.9. The number of non-ortho nitro benzene ring substituents is 1. The monoisotopic (exact) mass is 309 g/mol. The molecule has 21 heavy (non-hydrogen) atoms. The Kier molecular flexibility index (Phi) is 4.49. The standard InChI is InChI=1S/C13H12FN3O3S/c1-8(18)16-12-4-5-21-13(12)7-15-11-3-2-9(17(19)20)6-10(11)14/h2-6,15H,7H2,1H3,(H,16,18). The summed E-state index contributed by atoms with van der Waals surface area (Å²) >= 11 is 1.42. The third kappa shape index (κ3) is 3.76. The minimum atomic E-state index is -0.693. The van der Waals surface area contributed by atoms with Gasteiger partial charge < -0.3 is 10.6 Å². The number of nitro groups is 1. The lowest BCUT2D eigenvalue weighted by molar-refractivity contribution is -0.385. The summed E-state index contributed by atoms with van der Waals surface area (Å²) in [6.45, 7) is 1.72. The number of anilines is 2. The molecule has 0 spiro atoms. The molecule has 2 N–H and O–H groups in total. The van der Waals surface area contributed by atoms with E-state index in [9.17, 15) is 19.3 Å². The number of hydrogen-bond donors (Lipinski definition) is 2. The van der Waals surface area contributed by atoms with Crippen molar-refractivity contribution in [3.8, 4) is 0 Å². The van der Waals surface area contributed by atoms with Crippen molar-refractivity contribution in [2.75, 3.05) is 10.6 Å². The smallest absolute Gasteiger partial charge is 0.272 e. The normalized spacial score (nSPS) is 10.2. The molecule has 1 aromatic heterocycles. The number of nitro benzene ring substituents is 1. The van der Waals surface area contributed by atoms with Gasteiger partial charge in [-0.15, -0.1) is 11.3 Å². The molecule has 1 aromatic carbocycles. The van der Waals surface area contributed by atoms with E-state index in [1.807, 2.05) is 5.38 Å². The molecule has 2 rings (SSSR count). The summed E-state index contributed by atoms with van der Waals surface area (Å²) in [7, 11) is 0. The van der Waals surface area contributed by atoms with Gasteiger partial charge in [-0.2, -0.15) is 0 Å². The van der Waals surface area contributed by atoms with Gasteiger partial charge in [-0.25, -0.2) is 4.39 Å². The van der Waals surface area contributed by atoms with Gasteiger partial charge in [0.05, 0.1) is 28.9 Å². The van der Waals surface area contributed by atoms with E-state index in [0.29, 0.717) is 12.2 Å². The minimum Gasteiger partial charge on any atom is -0.378 e. The predicted octanol–water partition coefficient (Wildman–Crippen LogP) is 3.37. The Balaban J connectivity index is 2.08. The molecular weight excluding hydrogens is 297 g/mol.